The van der Waals surface area contributed by atoms with Gasteiger partial charge >= 0.3 is 11.9 Å². The van der Waals surface area contributed by atoms with E-state index in [2.05, 4.69) is 26.0 Å². The summed E-state index contributed by atoms with van der Waals surface area (Å²) in [6.45, 7) is 5.68. The molecule has 0 bridgehead atoms. The molecule has 0 rings (SSSR count). The van der Waals surface area contributed by atoms with E-state index in [-0.39, 0.29) is 11.9 Å². The number of ether oxygens (including phenoxy) is 2. The largest absolute Gasteiger partial charge is 0.466 e. The summed E-state index contributed by atoms with van der Waals surface area (Å²) in [7, 11) is 0. The van der Waals surface area contributed by atoms with Crippen LogP contribution < -0.4 is 0 Å². The summed E-state index contributed by atoms with van der Waals surface area (Å²) < 4.78 is 10.7. The Morgan fingerprint density at radius 3 is 1.10 bits per heavy atom. The Balaban J connectivity index is 3.25. The Labute approximate surface area is 249 Å². The Morgan fingerprint density at radius 1 is 0.400 bits per heavy atom. The van der Waals surface area contributed by atoms with Crippen molar-refractivity contribution in [2.45, 2.75) is 194 Å². The number of carbonyl (C=O) groups excluding carboxylic acids is 2. The van der Waals surface area contributed by atoms with Crippen molar-refractivity contribution in [1.82, 2.24) is 0 Å². The molecule has 0 aromatic carbocycles. The molecule has 4 heteroatoms. The average Bonchev–Trinajstić information content (AvgIpc) is 2.95. The number of carbonyl (C=O) groups is 2. The molecule has 0 unspecified atom stereocenters. The molecule has 0 N–H and O–H groups in total. The zero-order valence-electron chi connectivity index (χ0n) is 27.0. The van der Waals surface area contributed by atoms with Gasteiger partial charge in [0.2, 0.25) is 0 Å². The van der Waals surface area contributed by atoms with E-state index < -0.39 is 0 Å². The van der Waals surface area contributed by atoms with E-state index in [1.54, 1.807) is 0 Å². The molecular formula is C36H68O4. The highest BCUT2D eigenvalue weighted by atomic mass is 16.5. The lowest BCUT2D eigenvalue weighted by Gasteiger charge is -2.05. The Morgan fingerprint density at radius 2 is 0.700 bits per heavy atom. The van der Waals surface area contributed by atoms with Crippen molar-refractivity contribution >= 4 is 11.9 Å². The summed E-state index contributed by atoms with van der Waals surface area (Å²) in [5, 5.41) is 0. The molecule has 0 spiro atoms. The lowest BCUT2D eigenvalue weighted by atomic mass is 10.1. The van der Waals surface area contributed by atoms with E-state index in [9.17, 15) is 9.59 Å². The molecule has 0 aliphatic heterocycles. The van der Waals surface area contributed by atoms with Crippen molar-refractivity contribution in [3.05, 3.63) is 12.2 Å². The van der Waals surface area contributed by atoms with Crippen LogP contribution in [0, 0.1) is 0 Å². The Hall–Kier alpha value is -1.32. The minimum absolute atomic E-state index is 0.00135. The van der Waals surface area contributed by atoms with Crippen molar-refractivity contribution in [2.75, 3.05) is 13.2 Å². The molecule has 0 fully saturated rings. The molecule has 4 nitrogen and oxygen atoms in total. The second-order valence-electron chi connectivity index (χ2n) is 11.8. The zero-order valence-corrected chi connectivity index (χ0v) is 27.0. The molecule has 0 aliphatic carbocycles. The lowest BCUT2D eigenvalue weighted by Crippen LogP contribution is -2.05. The van der Waals surface area contributed by atoms with Gasteiger partial charge in [0.15, 0.2) is 0 Å². The zero-order chi connectivity index (χ0) is 29.2. The van der Waals surface area contributed by atoms with E-state index in [1.165, 1.54) is 122 Å². The maximum Gasteiger partial charge on any atom is 0.305 e. The molecule has 236 valence electrons. The lowest BCUT2D eigenvalue weighted by molar-refractivity contribution is -0.144. The van der Waals surface area contributed by atoms with E-state index in [4.69, 9.17) is 9.47 Å². The topological polar surface area (TPSA) is 52.6 Å². The van der Waals surface area contributed by atoms with Crippen LogP contribution in [-0.2, 0) is 19.1 Å². The van der Waals surface area contributed by atoms with Crippen LogP contribution in [0.2, 0.25) is 0 Å². The van der Waals surface area contributed by atoms with Crippen LogP contribution in [-0.4, -0.2) is 25.2 Å². The standard InChI is InChI=1S/C36H68O4/c1-3-5-7-9-25-29-33-39-35(37)31-27-23-21-19-17-15-13-11-12-14-16-18-20-22-24-28-32-36(38)40-34-30-26-10-8-6-4-2/h15,17H,3-14,16,18-34H2,1-2H3/b17-15+. The molecule has 0 saturated carbocycles. The number of rotatable bonds is 32. The van der Waals surface area contributed by atoms with Crippen molar-refractivity contribution in [2.24, 2.45) is 0 Å². The number of hydrogen-bond acceptors (Lipinski definition) is 4. The predicted octanol–water partition coefficient (Wildman–Crippen LogP) is 11.6. The summed E-state index contributed by atoms with van der Waals surface area (Å²) in [5.41, 5.74) is 0. The van der Waals surface area contributed by atoms with Crippen LogP contribution >= 0.6 is 0 Å². The van der Waals surface area contributed by atoms with E-state index in [0.717, 1.165) is 44.9 Å². The van der Waals surface area contributed by atoms with Gasteiger partial charge in [-0.15, -0.1) is 0 Å². The van der Waals surface area contributed by atoms with Gasteiger partial charge in [-0.25, -0.2) is 0 Å². The molecule has 0 atom stereocenters. The maximum atomic E-state index is 11.8. The van der Waals surface area contributed by atoms with E-state index in [1.807, 2.05) is 0 Å². The smallest absolute Gasteiger partial charge is 0.305 e. The summed E-state index contributed by atoms with van der Waals surface area (Å²) >= 11 is 0. The van der Waals surface area contributed by atoms with Gasteiger partial charge in [-0.2, -0.15) is 0 Å². The van der Waals surface area contributed by atoms with Crippen LogP contribution in [0.15, 0.2) is 12.2 Å². The van der Waals surface area contributed by atoms with E-state index in [0.29, 0.717) is 26.1 Å². The van der Waals surface area contributed by atoms with Gasteiger partial charge in [0.05, 0.1) is 13.2 Å². The Bertz CT molecular complexity index is 557. The quantitative estimate of drug-likeness (QED) is 0.0463. The first-order valence-electron chi connectivity index (χ1n) is 17.7. The van der Waals surface area contributed by atoms with E-state index >= 15 is 0 Å². The normalized spacial score (nSPS) is 11.3. The summed E-state index contributed by atoms with van der Waals surface area (Å²) in [4.78, 5) is 23.6. The number of hydrogen-bond donors (Lipinski definition) is 0. The predicted molar refractivity (Wildman–Crippen MR) is 172 cm³/mol. The van der Waals surface area contributed by atoms with Crippen molar-refractivity contribution in [3.8, 4) is 0 Å². The van der Waals surface area contributed by atoms with Crippen LogP contribution in [0.25, 0.3) is 0 Å². The van der Waals surface area contributed by atoms with Gasteiger partial charge in [0.25, 0.3) is 0 Å². The SMILES string of the molecule is CCCCCCCCOC(=O)CCCCC/C=C/CCCCCCCCCCCC(=O)OCCCCCCCC. The van der Waals surface area contributed by atoms with Crippen LogP contribution in [0.4, 0.5) is 0 Å². The minimum Gasteiger partial charge on any atom is -0.466 e. The van der Waals surface area contributed by atoms with Gasteiger partial charge in [-0.3, -0.25) is 9.59 Å². The molecule has 0 radical (unpaired) electrons. The monoisotopic (exact) mass is 565 g/mol. The first-order valence-corrected chi connectivity index (χ1v) is 17.7. The van der Waals surface area contributed by atoms with Crippen molar-refractivity contribution in [3.63, 3.8) is 0 Å². The van der Waals surface area contributed by atoms with Crippen LogP contribution in [0.5, 0.6) is 0 Å². The fourth-order valence-corrected chi connectivity index (χ4v) is 4.99. The first kappa shape index (κ1) is 38.7. The first-order chi connectivity index (χ1) is 19.7. The maximum absolute atomic E-state index is 11.8. The summed E-state index contributed by atoms with van der Waals surface area (Å²) in [5.74, 6) is -0.0152. The van der Waals surface area contributed by atoms with Gasteiger partial charge < -0.3 is 9.47 Å². The van der Waals surface area contributed by atoms with Gasteiger partial charge in [-0.05, 0) is 51.4 Å². The fourth-order valence-electron chi connectivity index (χ4n) is 4.99. The highest BCUT2D eigenvalue weighted by Gasteiger charge is 2.03. The van der Waals surface area contributed by atoms with Crippen LogP contribution in [0.1, 0.15) is 194 Å². The highest BCUT2D eigenvalue weighted by Crippen LogP contribution is 2.13. The third-order valence-electron chi connectivity index (χ3n) is 7.69. The van der Waals surface area contributed by atoms with Gasteiger partial charge in [-0.1, -0.05) is 142 Å². The third kappa shape index (κ3) is 32.9. The second kappa shape index (κ2) is 33.9. The molecule has 0 saturated heterocycles. The molecule has 0 aromatic rings. The number of esters is 2. The number of unbranched alkanes of at least 4 members (excludes halogenated alkanes) is 22. The fraction of sp³-hybridized carbons (Fsp3) is 0.889. The van der Waals surface area contributed by atoms with Crippen molar-refractivity contribution in [1.29, 1.82) is 0 Å². The second-order valence-corrected chi connectivity index (χ2v) is 11.8. The van der Waals surface area contributed by atoms with Crippen LogP contribution in [0.3, 0.4) is 0 Å². The molecular weight excluding hydrogens is 496 g/mol. The molecule has 40 heavy (non-hydrogen) atoms. The summed E-state index contributed by atoms with van der Waals surface area (Å²) in [6, 6.07) is 0. The highest BCUT2D eigenvalue weighted by molar-refractivity contribution is 5.69. The molecule has 0 aromatic heterocycles. The molecule has 0 heterocycles. The third-order valence-corrected chi connectivity index (χ3v) is 7.69. The molecule has 0 amide bonds. The average molecular weight is 565 g/mol. The number of allylic oxidation sites excluding steroid dienone is 2. The van der Waals surface area contributed by atoms with Crippen molar-refractivity contribution < 1.29 is 19.1 Å². The van der Waals surface area contributed by atoms with Gasteiger partial charge in [0, 0.05) is 12.8 Å². The van der Waals surface area contributed by atoms with Gasteiger partial charge in [0.1, 0.15) is 0 Å². The molecule has 0 aliphatic rings. The minimum atomic E-state index is -0.0139. The Kier molecular flexibility index (Phi) is 32.8. The summed E-state index contributed by atoms with van der Waals surface area (Å²) in [6.07, 6.45) is 37.4.